The van der Waals surface area contributed by atoms with E-state index in [0.717, 1.165) is 56.3 Å². The summed E-state index contributed by atoms with van der Waals surface area (Å²) in [6, 6.07) is 9.81. The summed E-state index contributed by atoms with van der Waals surface area (Å²) in [6.45, 7) is 9.93. The van der Waals surface area contributed by atoms with Crippen molar-refractivity contribution in [3.05, 3.63) is 30.0 Å². The monoisotopic (exact) mass is 466 g/mol. The van der Waals surface area contributed by atoms with E-state index < -0.39 is 0 Å². The quantitative estimate of drug-likeness (QED) is 0.655. The van der Waals surface area contributed by atoms with Crippen molar-refractivity contribution >= 4 is 22.7 Å². The lowest BCUT2D eigenvalue weighted by Crippen LogP contribution is -2.52. The average molecular weight is 467 g/mol. The van der Waals surface area contributed by atoms with Crippen molar-refractivity contribution in [1.29, 1.82) is 0 Å². The summed E-state index contributed by atoms with van der Waals surface area (Å²) in [7, 11) is 0. The number of carbonyl (C=O) groups is 2. The topological polar surface area (TPSA) is 82.5 Å². The zero-order valence-electron chi connectivity index (χ0n) is 20.7. The van der Waals surface area contributed by atoms with Crippen molar-refractivity contribution in [3.8, 4) is 0 Å². The van der Waals surface area contributed by atoms with E-state index >= 15 is 0 Å². The van der Waals surface area contributed by atoms with Gasteiger partial charge in [0.25, 0.3) is 5.91 Å². The lowest BCUT2D eigenvalue weighted by molar-refractivity contribution is -0.119. The molecule has 2 N–H and O–H groups in total. The van der Waals surface area contributed by atoms with Gasteiger partial charge in [-0.2, -0.15) is 5.10 Å². The smallest absolute Gasteiger partial charge is 0.272 e. The molecule has 2 bridgehead atoms. The molecule has 34 heavy (non-hydrogen) atoms. The zero-order chi connectivity index (χ0) is 23.8. The van der Waals surface area contributed by atoms with Crippen molar-refractivity contribution < 1.29 is 9.59 Å². The molecule has 5 rings (SSSR count). The molecule has 1 aromatic carbocycles. The van der Waals surface area contributed by atoms with Gasteiger partial charge in [0.1, 0.15) is 0 Å². The van der Waals surface area contributed by atoms with E-state index in [-0.39, 0.29) is 23.9 Å². The van der Waals surface area contributed by atoms with Crippen LogP contribution in [0.3, 0.4) is 0 Å². The molecule has 1 aromatic heterocycles. The first-order chi connectivity index (χ1) is 16.4. The van der Waals surface area contributed by atoms with E-state index in [0.29, 0.717) is 23.8 Å². The zero-order valence-corrected chi connectivity index (χ0v) is 20.7. The van der Waals surface area contributed by atoms with Gasteiger partial charge in [-0.15, -0.1) is 0 Å². The van der Waals surface area contributed by atoms with Crippen LogP contribution >= 0.6 is 0 Å². The fraction of sp³-hybridized carbons (Fsp3) is 0.654. The van der Waals surface area contributed by atoms with Crippen molar-refractivity contribution in [3.63, 3.8) is 0 Å². The Morgan fingerprint density at radius 1 is 1.03 bits per heavy atom. The molecular weight excluding hydrogens is 428 g/mol. The number of aromatic nitrogens is 2. The number of piperidine rings is 1. The molecule has 0 spiro atoms. The Morgan fingerprint density at radius 3 is 2.47 bits per heavy atom. The van der Waals surface area contributed by atoms with Crippen LogP contribution in [0.2, 0.25) is 0 Å². The first-order valence-electron chi connectivity index (χ1n) is 12.9. The van der Waals surface area contributed by atoms with Crippen LogP contribution in [0.25, 0.3) is 10.9 Å². The van der Waals surface area contributed by atoms with Gasteiger partial charge in [-0.25, -0.2) is 0 Å². The van der Waals surface area contributed by atoms with Crippen molar-refractivity contribution in [1.82, 2.24) is 30.2 Å². The summed E-state index contributed by atoms with van der Waals surface area (Å²) >= 11 is 0. The highest BCUT2D eigenvalue weighted by molar-refractivity contribution is 6.05. The number of nitrogens with zero attached hydrogens (tertiary/aromatic N) is 4. The Balaban J connectivity index is 1.17. The molecule has 2 aromatic rings. The normalized spacial score (nSPS) is 27.5. The summed E-state index contributed by atoms with van der Waals surface area (Å²) in [4.78, 5) is 29.7. The maximum Gasteiger partial charge on any atom is 0.272 e. The van der Waals surface area contributed by atoms with Gasteiger partial charge in [-0.3, -0.25) is 24.1 Å². The number of para-hydroxylation sites is 1. The van der Waals surface area contributed by atoms with Gasteiger partial charge in [0, 0.05) is 68.7 Å². The largest absolute Gasteiger partial charge is 0.352 e. The molecule has 1 unspecified atom stereocenters. The van der Waals surface area contributed by atoms with E-state index in [1.165, 1.54) is 12.8 Å². The average Bonchev–Trinajstić information content (AvgIpc) is 3.46. The standard InChI is InChI=1S/C26H38N6O2/c1-17(2)32-24-7-5-4-6-23(24)25(29-32)26(34)28-20-14-21-8-9-22(15-20)31(21)13-12-30-11-10-19(16-30)27-18(3)33/h4-7,17,19-22H,8-16H2,1-3H3,(H,27,33)(H,28,34)/t19-,20?,21-,22+/m0/s1. The number of rotatable bonds is 7. The molecule has 4 heterocycles. The minimum atomic E-state index is -0.0467. The molecule has 8 nitrogen and oxygen atoms in total. The molecule has 3 aliphatic rings. The van der Waals surface area contributed by atoms with E-state index in [4.69, 9.17) is 0 Å². The van der Waals surface area contributed by atoms with Crippen LogP contribution in [0, 0.1) is 0 Å². The lowest BCUT2D eigenvalue weighted by Gasteiger charge is -2.39. The Labute approximate surface area is 202 Å². The predicted molar refractivity (Wildman–Crippen MR) is 133 cm³/mol. The summed E-state index contributed by atoms with van der Waals surface area (Å²) in [5.41, 5.74) is 1.56. The molecule has 0 saturated carbocycles. The maximum atomic E-state index is 13.2. The van der Waals surface area contributed by atoms with Gasteiger partial charge in [0.05, 0.1) is 5.52 Å². The molecule has 0 radical (unpaired) electrons. The van der Waals surface area contributed by atoms with Crippen LogP contribution in [-0.4, -0.2) is 81.7 Å². The van der Waals surface area contributed by atoms with Crippen LogP contribution in [0.4, 0.5) is 0 Å². The van der Waals surface area contributed by atoms with Crippen molar-refractivity contribution in [2.24, 2.45) is 0 Å². The Kier molecular flexibility index (Phi) is 6.62. The van der Waals surface area contributed by atoms with Crippen LogP contribution in [0.15, 0.2) is 24.3 Å². The van der Waals surface area contributed by atoms with Gasteiger partial charge in [0.15, 0.2) is 5.69 Å². The SMILES string of the molecule is CC(=O)N[C@H]1CCN(CCN2[C@@H]3CC[C@H]2CC(NC(=O)c2nn(C(C)C)c4ccccc24)C3)C1. The fourth-order valence-corrected chi connectivity index (χ4v) is 6.36. The number of fused-ring (bicyclic) bond motifs is 3. The third kappa shape index (κ3) is 4.70. The molecule has 3 aliphatic heterocycles. The van der Waals surface area contributed by atoms with Gasteiger partial charge >= 0.3 is 0 Å². The predicted octanol–water partition coefficient (Wildman–Crippen LogP) is 2.55. The van der Waals surface area contributed by atoms with E-state index in [2.05, 4.69) is 39.4 Å². The lowest BCUT2D eigenvalue weighted by atomic mass is 9.97. The van der Waals surface area contributed by atoms with Crippen LogP contribution < -0.4 is 10.6 Å². The van der Waals surface area contributed by atoms with Crippen LogP contribution in [-0.2, 0) is 4.79 Å². The molecule has 3 fully saturated rings. The van der Waals surface area contributed by atoms with E-state index in [1.54, 1.807) is 6.92 Å². The van der Waals surface area contributed by atoms with Crippen LogP contribution in [0.5, 0.6) is 0 Å². The van der Waals surface area contributed by atoms with Gasteiger partial charge < -0.3 is 10.6 Å². The molecule has 2 amide bonds. The highest BCUT2D eigenvalue weighted by Crippen LogP contribution is 2.36. The molecular formula is C26H38N6O2. The van der Waals surface area contributed by atoms with Gasteiger partial charge in [-0.1, -0.05) is 18.2 Å². The number of likely N-dealkylation sites (tertiary alicyclic amines) is 1. The van der Waals surface area contributed by atoms with E-state index in [1.807, 2.05) is 28.9 Å². The van der Waals surface area contributed by atoms with E-state index in [9.17, 15) is 9.59 Å². The number of amides is 2. The maximum absolute atomic E-state index is 13.2. The second-order valence-electron chi connectivity index (χ2n) is 10.7. The Bertz CT molecular complexity index is 1040. The third-order valence-corrected chi connectivity index (χ3v) is 7.89. The van der Waals surface area contributed by atoms with Gasteiger partial charge in [-0.05, 0) is 52.0 Å². The van der Waals surface area contributed by atoms with Gasteiger partial charge in [0.2, 0.25) is 5.91 Å². The second kappa shape index (κ2) is 9.66. The molecule has 4 atom stereocenters. The Morgan fingerprint density at radius 2 is 1.76 bits per heavy atom. The molecule has 8 heteroatoms. The first-order valence-corrected chi connectivity index (χ1v) is 12.9. The second-order valence-corrected chi connectivity index (χ2v) is 10.7. The van der Waals surface area contributed by atoms with Crippen molar-refractivity contribution in [2.45, 2.75) is 83.1 Å². The molecule has 184 valence electrons. The third-order valence-electron chi connectivity index (χ3n) is 7.89. The minimum Gasteiger partial charge on any atom is -0.352 e. The highest BCUT2D eigenvalue weighted by Gasteiger charge is 2.41. The molecule has 0 aliphatic carbocycles. The first kappa shape index (κ1) is 23.3. The number of benzene rings is 1. The summed E-state index contributed by atoms with van der Waals surface area (Å²) in [5, 5.41) is 12.0. The number of nitrogens with one attached hydrogen (secondary N) is 2. The fourth-order valence-electron chi connectivity index (χ4n) is 6.36. The highest BCUT2D eigenvalue weighted by atomic mass is 16.2. The summed E-state index contributed by atoms with van der Waals surface area (Å²) < 4.78 is 1.95. The minimum absolute atomic E-state index is 0.0467. The Hall–Kier alpha value is -2.45. The van der Waals surface area contributed by atoms with Crippen molar-refractivity contribution in [2.75, 3.05) is 26.2 Å². The number of hydrogen-bond donors (Lipinski definition) is 2. The summed E-state index contributed by atoms with van der Waals surface area (Å²) in [6.07, 6.45) is 5.51. The number of hydrogen-bond acceptors (Lipinski definition) is 5. The molecule has 3 saturated heterocycles. The van der Waals surface area contributed by atoms with Crippen LogP contribution in [0.1, 0.15) is 69.4 Å². The summed E-state index contributed by atoms with van der Waals surface area (Å²) in [5.74, 6) is 0.0208. The number of carbonyl (C=O) groups excluding carboxylic acids is 2.